The number of carbonyl (C=O) groups is 1. The van der Waals surface area contributed by atoms with Crippen LogP contribution in [0, 0.1) is 5.92 Å². The third-order valence-corrected chi connectivity index (χ3v) is 5.14. The monoisotopic (exact) mass is 380 g/mol. The summed E-state index contributed by atoms with van der Waals surface area (Å²) in [5.74, 6) is 0.851. The van der Waals surface area contributed by atoms with Gasteiger partial charge < -0.3 is 9.15 Å². The lowest BCUT2D eigenvalue weighted by atomic mass is 9.94. The molecule has 0 spiro atoms. The van der Waals surface area contributed by atoms with Crippen molar-refractivity contribution in [1.82, 2.24) is 0 Å². The van der Waals surface area contributed by atoms with Gasteiger partial charge in [0.05, 0.1) is 12.2 Å². The Labute approximate surface area is 163 Å². The maximum absolute atomic E-state index is 12.7. The van der Waals surface area contributed by atoms with E-state index in [1.165, 1.54) is 5.56 Å². The Morgan fingerprint density at radius 3 is 2.52 bits per heavy atom. The average Bonchev–Trinajstić information content (AvgIpc) is 3.41. The van der Waals surface area contributed by atoms with Crippen LogP contribution in [-0.2, 0) is 22.6 Å². The Hall–Kier alpha value is -2.52. The molecule has 1 saturated carbocycles. The third-order valence-electron chi connectivity index (χ3n) is 4.89. The summed E-state index contributed by atoms with van der Waals surface area (Å²) in [6, 6.07) is 19.6. The van der Waals surface area contributed by atoms with Crippen molar-refractivity contribution in [3.8, 4) is 0 Å². The van der Waals surface area contributed by atoms with E-state index in [4.69, 9.17) is 20.8 Å². The smallest absolute Gasteiger partial charge is 0.314 e. The summed E-state index contributed by atoms with van der Waals surface area (Å²) in [5, 5.41) is 0.672. The van der Waals surface area contributed by atoms with Crippen LogP contribution in [0.15, 0.2) is 71.3 Å². The molecule has 0 saturated heterocycles. The number of carbonyl (C=O) groups excluding carboxylic acids is 1. The van der Waals surface area contributed by atoms with Crippen molar-refractivity contribution in [3.63, 3.8) is 0 Å². The average molecular weight is 381 g/mol. The zero-order valence-corrected chi connectivity index (χ0v) is 15.7. The number of hydrogen-bond acceptors (Lipinski definition) is 3. The van der Waals surface area contributed by atoms with Crippen LogP contribution < -0.4 is 0 Å². The number of hydrogen-bond donors (Lipinski definition) is 0. The van der Waals surface area contributed by atoms with Crippen molar-refractivity contribution in [2.24, 2.45) is 5.92 Å². The van der Waals surface area contributed by atoms with Crippen molar-refractivity contribution in [2.45, 2.75) is 31.8 Å². The predicted molar refractivity (Wildman–Crippen MR) is 105 cm³/mol. The van der Waals surface area contributed by atoms with E-state index >= 15 is 0 Å². The van der Waals surface area contributed by atoms with Gasteiger partial charge in [0.2, 0.25) is 0 Å². The molecule has 1 aromatic heterocycles. The van der Waals surface area contributed by atoms with E-state index < -0.39 is 0 Å². The minimum Gasteiger partial charge on any atom is -0.469 e. The molecule has 1 aliphatic carbocycles. The van der Waals surface area contributed by atoms with E-state index in [0.717, 1.165) is 36.1 Å². The van der Waals surface area contributed by atoms with Crippen LogP contribution in [0.3, 0.4) is 0 Å². The van der Waals surface area contributed by atoms with E-state index in [1.54, 1.807) is 6.26 Å². The molecule has 138 valence electrons. The molecule has 1 fully saturated rings. The molecule has 4 rings (SSSR count). The normalized spacial score (nSPS) is 14.7. The molecule has 2 aromatic carbocycles. The highest BCUT2D eigenvalue weighted by atomic mass is 35.5. The highest BCUT2D eigenvalue weighted by Gasteiger charge is 2.38. The molecule has 0 amide bonds. The van der Waals surface area contributed by atoms with E-state index in [0.29, 0.717) is 10.9 Å². The molecule has 3 aromatic rings. The molecule has 1 unspecified atom stereocenters. The Balaban J connectivity index is 1.37. The van der Waals surface area contributed by atoms with Gasteiger partial charge in [-0.15, -0.1) is 0 Å². The van der Waals surface area contributed by atoms with Crippen LogP contribution >= 0.6 is 11.6 Å². The molecule has 0 aliphatic heterocycles. The fourth-order valence-electron chi connectivity index (χ4n) is 3.34. The molecule has 0 bridgehead atoms. The van der Waals surface area contributed by atoms with Crippen LogP contribution in [0.1, 0.15) is 41.2 Å². The number of furan rings is 1. The van der Waals surface area contributed by atoms with E-state index in [2.05, 4.69) is 12.1 Å². The van der Waals surface area contributed by atoms with Crippen molar-refractivity contribution >= 4 is 17.6 Å². The molecule has 3 nitrogen and oxygen atoms in total. The fourth-order valence-corrected chi connectivity index (χ4v) is 3.46. The lowest BCUT2D eigenvalue weighted by Crippen LogP contribution is -2.17. The molecular weight excluding hydrogens is 360 g/mol. The van der Waals surface area contributed by atoms with Gasteiger partial charge in [-0.1, -0.05) is 54.1 Å². The first-order valence-corrected chi connectivity index (χ1v) is 9.59. The number of esters is 1. The molecule has 4 heteroatoms. The van der Waals surface area contributed by atoms with Crippen molar-refractivity contribution in [3.05, 3.63) is 94.4 Å². The van der Waals surface area contributed by atoms with E-state index in [-0.39, 0.29) is 18.5 Å². The second-order valence-corrected chi connectivity index (χ2v) is 7.49. The molecule has 1 atom stereocenters. The van der Waals surface area contributed by atoms with Crippen LogP contribution in [0.2, 0.25) is 5.02 Å². The summed E-state index contributed by atoms with van der Waals surface area (Å²) in [7, 11) is 0. The summed E-state index contributed by atoms with van der Waals surface area (Å²) in [4.78, 5) is 12.7. The maximum Gasteiger partial charge on any atom is 0.314 e. The van der Waals surface area contributed by atoms with Crippen LogP contribution in [0.5, 0.6) is 0 Å². The maximum atomic E-state index is 12.7. The van der Waals surface area contributed by atoms with Crippen LogP contribution in [-0.4, -0.2) is 5.97 Å². The highest BCUT2D eigenvalue weighted by Crippen LogP contribution is 2.43. The lowest BCUT2D eigenvalue weighted by molar-refractivity contribution is -0.147. The number of rotatable bonds is 7. The first kappa shape index (κ1) is 17.9. The standard InChI is InChI=1S/C23H21ClO3/c24-20-10-8-19(9-11-20)22(18-6-7-18)23(25)27-15-17-13-21(26-14-17)12-16-4-2-1-3-5-16/h1-5,8-11,13-14,18,22H,6-7,12,15H2. The SMILES string of the molecule is O=C(OCc1coc(Cc2ccccc2)c1)C(c1ccc(Cl)cc1)C1CC1. The highest BCUT2D eigenvalue weighted by molar-refractivity contribution is 6.30. The molecule has 1 heterocycles. The largest absolute Gasteiger partial charge is 0.469 e. The minimum atomic E-state index is -0.210. The predicted octanol–water partition coefficient (Wildman–Crippen LogP) is 5.76. The van der Waals surface area contributed by atoms with Crippen molar-refractivity contribution in [1.29, 1.82) is 0 Å². The van der Waals surface area contributed by atoms with E-state index in [9.17, 15) is 4.79 Å². The molecule has 0 radical (unpaired) electrons. The topological polar surface area (TPSA) is 39.4 Å². The Bertz CT molecular complexity index is 895. The van der Waals surface area contributed by atoms with Crippen LogP contribution in [0.4, 0.5) is 0 Å². The summed E-state index contributed by atoms with van der Waals surface area (Å²) in [6.07, 6.45) is 4.52. The van der Waals surface area contributed by atoms with Gasteiger partial charge in [0.15, 0.2) is 0 Å². The number of ether oxygens (including phenoxy) is 1. The van der Waals surface area contributed by atoms with Gasteiger partial charge >= 0.3 is 5.97 Å². The second kappa shape index (κ2) is 8.01. The van der Waals surface area contributed by atoms with Crippen LogP contribution in [0.25, 0.3) is 0 Å². The van der Waals surface area contributed by atoms with Gasteiger partial charge in [-0.05, 0) is 48.1 Å². The van der Waals surface area contributed by atoms with Crippen molar-refractivity contribution in [2.75, 3.05) is 0 Å². The van der Waals surface area contributed by atoms with Gasteiger partial charge in [-0.2, -0.15) is 0 Å². The minimum absolute atomic E-state index is 0.175. The molecular formula is C23H21ClO3. The number of halogens is 1. The molecule has 27 heavy (non-hydrogen) atoms. The first-order valence-electron chi connectivity index (χ1n) is 9.21. The summed E-state index contributed by atoms with van der Waals surface area (Å²) < 4.78 is 11.2. The summed E-state index contributed by atoms with van der Waals surface area (Å²) in [6.45, 7) is 0.230. The second-order valence-electron chi connectivity index (χ2n) is 7.06. The Morgan fingerprint density at radius 1 is 1.07 bits per heavy atom. The lowest BCUT2D eigenvalue weighted by Gasteiger charge is -2.15. The van der Waals surface area contributed by atoms with Crippen molar-refractivity contribution < 1.29 is 13.9 Å². The zero-order valence-electron chi connectivity index (χ0n) is 14.9. The molecule has 0 N–H and O–H groups in total. The first-order chi connectivity index (χ1) is 13.2. The third kappa shape index (κ3) is 4.61. The number of benzene rings is 2. The quantitative estimate of drug-likeness (QED) is 0.489. The zero-order chi connectivity index (χ0) is 18.6. The Kier molecular flexibility index (Phi) is 5.30. The van der Waals surface area contributed by atoms with Gasteiger partial charge in [-0.3, -0.25) is 4.79 Å². The van der Waals surface area contributed by atoms with Gasteiger partial charge in [0, 0.05) is 17.0 Å². The van der Waals surface area contributed by atoms with E-state index in [1.807, 2.05) is 48.5 Å². The summed E-state index contributed by atoms with van der Waals surface area (Å²) in [5.41, 5.74) is 3.04. The Morgan fingerprint density at radius 2 is 1.81 bits per heavy atom. The van der Waals surface area contributed by atoms with Gasteiger partial charge in [0.25, 0.3) is 0 Å². The fraction of sp³-hybridized carbons (Fsp3) is 0.261. The van der Waals surface area contributed by atoms with Gasteiger partial charge in [-0.25, -0.2) is 0 Å². The van der Waals surface area contributed by atoms with Gasteiger partial charge in [0.1, 0.15) is 12.4 Å². The molecule has 1 aliphatic rings. The summed E-state index contributed by atoms with van der Waals surface area (Å²) >= 11 is 5.97.